The highest BCUT2D eigenvalue weighted by Crippen LogP contribution is 2.63. The number of amides is 2. The molecule has 5 rings (SSSR count). The third-order valence-electron chi connectivity index (χ3n) is 7.76. The summed E-state index contributed by atoms with van der Waals surface area (Å²) in [5, 5.41) is 12.8. The predicted octanol–water partition coefficient (Wildman–Crippen LogP) is 4.08. The molecule has 3 fully saturated rings. The first-order chi connectivity index (χ1) is 17.5. The van der Waals surface area contributed by atoms with Crippen LogP contribution >= 0.6 is 0 Å². The number of anilines is 1. The fourth-order valence-electron chi connectivity index (χ4n) is 6.13. The number of carbonyl (C=O) groups excluding carboxylic acids is 2. The van der Waals surface area contributed by atoms with E-state index in [0.29, 0.717) is 15.6 Å². The fourth-order valence-corrected chi connectivity index (χ4v) is 6.13. The van der Waals surface area contributed by atoms with Crippen molar-refractivity contribution < 1.29 is 45.4 Å². The molecule has 0 N–H and O–H groups in total. The molecule has 0 aliphatic carbocycles. The summed E-state index contributed by atoms with van der Waals surface area (Å²) in [6.45, 7) is 3.04. The lowest BCUT2D eigenvalue weighted by molar-refractivity contribution is -0.143. The number of hydrogen-bond donors (Lipinski definition) is 0. The minimum absolute atomic E-state index is 0.166. The van der Waals surface area contributed by atoms with Crippen LogP contribution in [0.1, 0.15) is 37.1 Å². The summed E-state index contributed by atoms with van der Waals surface area (Å²) in [5.41, 5.74) is -5.68. The van der Waals surface area contributed by atoms with Crippen LogP contribution in [0.5, 0.6) is 5.88 Å². The van der Waals surface area contributed by atoms with E-state index in [0.717, 1.165) is 25.2 Å². The van der Waals surface area contributed by atoms with Gasteiger partial charge in [0.25, 0.3) is 0 Å². The summed E-state index contributed by atoms with van der Waals surface area (Å²) in [7, 11) is 1.12. The van der Waals surface area contributed by atoms with Gasteiger partial charge >= 0.3 is 12.4 Å². The zero-order valence-electron chi connectivity index (χ0n) is 20.1. The van der Waals surface area contributed by atoms with Crippen LogP contribution in [0.25, 0.3) is 0 Å². The first-order valence-electron chi connectivity index (χ1n) is 11.4. The zero-order chi connectivity index (χ0) is 28.0. The lowest BCUT2D eigenvalue weighted by Crippen LogP contribution is -2.48. The molecule has 202 valence electrons. The van der Waals surface area contributed by atoms with E-state index in [1.54, 1.807) is 13.8 Å². The number of ether oxygens (including phenoxy) is 2. The quantitative estimate of drug-likeness (QED) is 0.427. The molecule has 2 amide bonds. The molecule has 0 radical (unpaired) electrons. The van der Waals surface area contributed by atoms with Gasteiger partial charge in [0.2, 0.25) is 17.7 Å². The van der Waals surface area contributed by atoms with E-state index in [1.165, 1.54) is 6.07 Å². The Bertz CT molecular complexity index is 1400. The van der Waals surface area contributed by atoms with Gasteiger partial charge < -0.3 is 9.47 Å². The molecule has 0 saturated carbocycles. The molecular weight excluding hydrogens is 522 g/mol. The van der Waals surface area contributed by atoms with E-state index < -0.39 is 69.9 Å². The van der Waals surface area contributed by atoms with Crippen molar-refractivity contribution in [2.24, 2.45) is 24.8 Å². The van der Waals surface area contributed by atoms with Gasteiger partial charge in [0.1, 0.15) is 5.69 Å². The van der Waals surface area contributed by atoms with Crippen molar-refractivity contribution in [3.8, 4) is 11.9 Å². The smallest absolute Gasteiger partial charge is 0.433 e. The van der Waals surface area contributed by atoms with Crippen molar-refractivity contribution in [1.82, 2.24) is 9.78 Å². The Morgan fingerprint density at radius 2 is 1.76 bits per heavy atom. The number of fused-ring (bicyclic) bond motifs is 5. The van der Waals surface area contributed by atoms with Gasteiger partial charge in [-0.2, -0.15) is 31.6 Å². The van der Waals surface area contributed by atoms with Gasteiger partial charge in [-0.05, 0) is 38.5 Å². The van der Waals surface area contributed by atoms with Crippen LogP contribution in [0.4, 0.5) is 32.0 Å². The molecule has 8 nitrogen and oxygen atoms in total. The van der Waals surface area contributed by atoms with E-state index in [2.05, 4.69) is 5.10 Å². The Morgan fingerprint density at radius 3 is 2.34 bits per heavy atom. The third-order valence-corrected chi connectivity index (χ3v) is 7.76. The highest BCUT2D eigenvalue weighted by molar-refractivity contribution is 6.23. The van der Waals surface area contributed by atoms with Crippen molar-refractivity contribution in [2.75, 3.05) is 11.5 Å². The maximum atomic E-state index is 13.5. The van der Waals surface area contributed by atoms with Gasteiger partial charge in [-0.15, -0.1) is 5.10 Å². The Hall–Kier alpha value is -3.60. The predicted molar refractivity (Wildman–Crippen MR) is 115 cm³/mol. The number of imide groups is 1. The van der Waals surface area contributed by atoms with Crippen LogP contribution in [0.3, 0.4) is 0 Å². The van der Waals surface area contributed by atoms with Crippen molar-refractivity contribution >= 4 is 17.5 Å². The number of aromatic nitrogens is 2. The first kappa shape index (κ1) is 26.0. The molecule has 14 heteroatoms. The van der Waals surface area contributed by atoms with Gasteiger partial charge in [0.15, 0.2) is 0 Å². The standard InChI is InChI=1S/C24H20F6N4O4/c1-21-8-12(10-37-16-7-15(24(28,29)30)33(3)32-16)22(2,38-21)18-17(21)19(35)34(20(18)36)13-5-4-11(9-31)14(6-13)23(25,26)27/h4-7,12,17-18H,8,10H2,1-3H3/t12-,17+,18-,21+,22-/m0/s1. The number of benzene rings is 1. The second-order valence-corrected chi connectivity index (χ2v) is 10.1. The summed E-state index contributed by atoms with van der Waals surface area (Å²) in [5.74, 6) is -4.32. The normalized spacial score (nSPS) is 30.6. The van der Waals surface area contributed by atoms with E-state index in [1.807, 2.05) is 0 Å². The van der Waals surface area contributed by atoms with Crippen molar-refractivity contribution in [1.29, 1.82) is 5.26 Å². The highest BCUT2D eigenvalue weighted by atomic mass is 19.4. The monoisotopic (exact) mass is 542 g/mol. The van der Waals surface area contributed by atoms with Gasteiger partial charge in [-0.25, -0.2) is 4.90 Å². The molecule has 2 aromatic rings. The Morgan fingerprint density at radius 1 is 1.11 bits per heavy atom. The van der Waals surface area contributed by atoms with E-state index in [-0.39, 0.29) is 24.6 Å². The van der Waals surface area contributed by atoms with Crippen LogP contribution in [-0.2, 0) is 33.7 Å². The van der Waals surface area contributed by atoms with E-state index in [4.69, 9.17) is 14.7 Å². The summed E-state index contributed by atoms with van der Waals surface area (Å²) in [6.07, 6.45) is -9.30. The lowest BCUT2D eigenvalue weighted by atomic mass is 9.64. The number of halogens is 6. The third kappa shape index (κ3) is 3.66. The molecule has 38 heavy (non-hydrogen) atoms. The second kappa shape index (κ2) is 7.95. The minimum atomic E-state index is -4.89. The molecule has 2 bridgehead atoms. The highest BCUT2D eigenvalue weighted by Gasteiger charge is 2.75. The summed E-state index contributed by atoms with van der Waals surface area (Å²) in [6, 6.07) is 4.81. The Labute approximate surface area is 211 Å². The number of hydrogen-bond acceptors (Lipinski definition) is 6. The van der Waals surface area contributed by atoms with Crippen LogP contribution in [0.2, 0.25) is 0 Å². The van der Waals surface area contributed by atoms with Gasteiger partial charge in [0.05, 0.1) is 52.5 Å². The number of nitrogens with zero attached hydrogens (tertiary/aromatic N) is 4. The molecule has 3 saturated heterocycles. The van der Waals surface area contributed by atoms with Crippen LogP contribution in [0.15, 0.2) is 24.3 Å². The maximum absolute atomic E-state index is 13.5. The van der Waals surface area contributed by atoms with Crippen molar-refractivity contribution in [3.63, 3.8) is 0 Å². The van der Waals surface area contributed by atoms with E-state index >= 15 is 0 Å². The topological polar surface area (TPSA) is 97.4 Å². The van der Waals surface area contributed by atoms with Crippen molar-refractivity contribution in [2.45, 2.75) is 43.8 Å². The molecule has 3 aliphatic heterocycles. The van der Waals surface area contributed by atoms with Crippen LogP contribution < -0.4 is 9.64 Å². The Kier molecular flexibility index (Phi) is 5.45. The first-order valence-corrected chi connectivity index (χ1v) is 11.4. The molecule has 4 heterocycles. The molecule has 5 atom stereocenters. The number of aryl methyl sites for hydroxylation is 1. The summed E-state index contributed by atoms with van der Waals surface area (Å²) in [4.78, 5) is 27.6. The number of alkyl halides is 6. The van der Waals surface area contributed by atoms with Gasteiger partial charge in [-0.1, -0.05) is 0 Å². The number of carbonyl (C=O) groups is 2. The average Bonchev–Trinajstić information content (AvgIpc) is 3.47. The zero-order valence-corrected chi connectivity index (χ0v) is 20.1. The number of rotatable bonds is 4. The molecular formula is C24H20F6N4O4. The van der Waals surface area contributed by atoms with Gasteiger partial charge in [-0.3, -0.25) is 14.3 Å². The summed E-state index contributed by atoms with van der Waals surface area (Å²) < 4.78 is 92.1. The molecule has 3 aliphatic rings. The SMILES string of the molecule is Cn1nc(OC[C@@H]2C[C@@]3(C)O[C@]2(C)[C@@H]2C(=O)N(c4ccc(C#N)c(C(F)(F)F)c4)C(=O)[C@@H]23)cc1C(F)(F)F. The van der Waals surface area contributed by atoms with Crippen molar-refractivity contribution in [3.05, 3.63) is 41.1 Å². The molecule has 1 aromatic heterocycles. The average molecular weight is 542 g/mol. The van der Waals surface area contributed by atoms with Crippen LogP contribution in [-0.4, -0.2) is 39.4 Å². The fraction of sp³-hybridized carbons (Fsp3) is 0.500. The number of nitriles is 1. The largest absolute Gasteiger partial charge is 0.476 e. The second-order valence-electron chi connectivity index (χ2n) is 10.1. The maximum Gasteiger partial charge on any atom is 0.433 e. The van der Waals surface area contributed by atoms with E-state index in [9.17, 15) is 35.9 Å². The summed E-state index contributed by atoms with van der Waals surface area (Å²) >= 11 is 0. The van der Waals surface area contributed by atoms with Gasteiger partial charge in [0, 0.05) is 19.0 Å². The molecule has 1 aromatic carbocycles. The molecule has 0 spiro atoms. The lowest BCUT2D eigenvalue weighted by Gasteiger charge is -2.34. The molecule has 0 unspecified atom stereocenters. The van der Waals surface area contributed by atoms with Crippen LogP contribution in [0, 0.1) is 29.1 Å². The Balaban J connectivity index is 1.43. The minimum Gasteiger partial charge on any atom is -0.476 e.